The third kappa shape index (κ3) is 3.53. The van der Waals surface area contributed by atoms with Crippen LogP contribution in [0.2, 0.25) is 0 Å². The quantitative estimate of drug-likeness (QED) is 0.807. The van der Waals surface area contributed by atoms with Crippen LogP contribution < -0.4 is 9.47 Å². The number of hydrogen-bond donors (Lipinski definition) is 0. The van der Waals surface area contributed by atoms with E-state index in [-0.39, 0.29) is 0 Å². The lowest BCUT2D eigenvalue weighted by atomic mass is 10.0. The van der Waals surface area contributed by atoms with Gasteiger partial charge in [0, 0.05) is 11.6 Å². The fourth-order valence-electron chi connectivity index (χ4n) is 3.31. The van der Waals surface area contributed by atoms with Gasteiger partial charge in [-0.15, -0.1) is 10.2 Å². The molecule has 3 rings (SSSR count). The molecule has 1 unspecified atom stereocenters. The van der Waals surface area contributed by atoms with Gasteiger partial charge >= 0.3 is 0 Å². The van der Waals surface area contributed by atoms with Crippen LogP contribution in [0.5, 0.6) is 11.5 Å². The molecule has 2 aromatic rings. The van der Waals surface area contributed by atoms with Gasteiger partial charge in [0.25, 0.3) is 0 Å². The Balaban J connectivity index is 1.75. The number of hydrogen-bond acceptors (Lipinski definition) is 6. The highest BCUT2D eigenvalue weighted by atomic mass is 16.5. The lowest BCUT2D eigenvalue weighted by Crippen LogP contribution is -2.38. The van der Waals surface area contributed by atoms with E-state index >= 15 is 0 Å². The van der Waals surface area contributed by atoms with E-state index in [0.717, 1.165) is 25.1 Å². The Morgan fingerprint density at radius 3 is 2.75 bits per heavy atom. The second-order valence-electron chi connectivity index (χ2n) is 6.10. The maximum atomic E-state index is 5.88. The predicted molar refractivity (Wildman–Crippen MR) is 91.2 cm³/mol. The largest absolute Gasteiger partial charge is 0.493 e. The molecule has 6 nitrogen and oxygen atoms in total. The van der Waals surface area contributed by atoms with Crippen molar-refractivity contribution in [3.63, 3.8) is 0 Å². The maximum Gasteiger partial charge on any atom is 0.247 e. The first-order chi connectivity index (χ1) is 11.7. The number of aromatic nitrogens is 2. The van der Waals surface area contributed by atoms with Gasteiger partial charge < -0.3 is 13.9 Å². The normalized spacial score (nSPS) is 18.5. The van der Waals surface area contributed by atoms with Gasteiger partial charge in [0.15, 0.2) is 11.5 Å². The Labute approximate surface area is 142 Å². The Morgan fingerprint density at radius 2 is 2.00 bits per heavy atom. The molecule has 0 aliphatic carbocycles. The predicted octanol–water partition coefficient (Wildman–Crippen LogP) is 3.52. The van der Waals surface area contributed by atoms with Gasteiger partial charge in [-0.1, -0.05) is 13.3 Å². The molecule has 0 bridgehead atoms. The van der Waals surface area contributed by atoms with Gasteiger partial charge in [0.1, 0.15) is 0 Å². The molecule has 2 heterocycles. The number of methoxy groups -OCH3 is 2. The van der Waals surface area contributed by atoms with Crippen molar-refractivity contribution in [1.82, 2.24) is 15.1 Å². The zero-order chi connectivity index (χ0) is 16.9. The summed E-state index contributed by atoms with van der Waals surface area (Å²) < 4.78 is 16.5. The van der Waals surface area contributed by atoms with Gasteiger partial charge in [0.05, 0.1) is 20.8 Å². The number of rotatable bonds is 6. The Hall–Kier alpha value is -2.08. The van der Waals surface area contributed by atoms with Crippen LogP contribution in [-0.4, -0.2) is 41.9 Å². The fourth-order valence-corrected chi connectivity index (χ4v) is 3.31. The number of benzene rings is 1. The molecule has 1 atom stereocenters. The van der Waals surface area contributed by atoms with Crippen molar-refractivity contribution in [3.8, 4) is 23.0 Å². The summed E-state index contributed by atoms with van der Waals surface area (Å²) in [6, 6.07) is 6.21. The summed E-state index contributed by atoms with van der Waals surface area (Å²) in [5.41, 5.74) is 0.831. The summed E-state index contributed by atoms with van der Waals surface area (Å²) >= 11 is 0. The zero-order valence-corrected chi connectivity index (χ0v) is 14.6. The summed E-state index contributed by atoms with van der Waals surface area (Å²) in [7, 11) is 3.23. The van der Waals surface area contributed by atoms with Crippen LogP contribution in [0.15, 0.2) is 22.6 Å². The number of likely N-dealkylation sites (tertiary alicyclic amines) is 1. The summed E-state index contributed by atoms with van der Waals surface area (Å²) in [5, 5.41) is 8.42. The third-order valence-corrected chi connectivity index (χ3v) is 4.66. The summed E-state index contributed by atoms with van der Waals surface area (Å²) in [6.45, 7) is 4.07. The molecule has 0 spiro atoms. The van der Waals surface area contributed by atoms with Crippen LogP contribution in [-0.2, 0) is 6.54 Å². The van der Waals surface area contributed by atoms with Crippen LogP contribution in [0, 0.1) is 0 Å². The highest BCUT2D eigenvalue weighted by Crippen LogP contribution is 2.32. The standard InChI is InChI=1S/C18H25N3O3/c1-4-14-7-5-6-10-21(14)12-17-19-20-18(24-17)13-8-9-15(22-2)16(11-13)23-3/h8-9,11,14H,4-7,10,12H2,1-3H3. The van der Waals surface area contributed by atoms with Gasteiger partial charge in [-0.05, 0) is 44.0 Å². The molecule has 1 aromatic heterocycles. The molecular formula is C18H25N3O3. The number of nitrogens with zero attached hydrogens (tertiary/aromatic N) is 3. The van der Waals surface area contributed by atoms with Crippen molar-refractivity contribution >= 4 is 0 Å². The highest BCUT2D eigenvalue weighted by Gasteiger charge is 2.23. The summed E-state index contributed by atoms with van der Waals surface area (Å²) in [5.74, 6) is 2.51. The average Bonchev–Trinajstić information content (AvgIpc) is 3.10. The van der Waals surface area contributed by atoms with Crippen molar-refractivity contribution in [2.75, 3.05) is 20.8 Å². The molecule has 1 fully saturated rings. The minimum atomic E-state index is 0.510. The molecule has 0 N–H and O–H groups in total. The Bertz CT molecular complexity index is 671. The Morgan fingerprint density at radius 1 is 1.17 bits per heavy atom. The molecule has 0 amide bonds. The topological polar surface area (TPSA) is 60.6 Å². The van der Waals surface area contributed by atoms with E-state index in [1.165, 1.54) is 19.3 Å². The smallest absolute Gasteiger partial charge is 0.247 e. The summed E-state index contributed by atoms with van der Waals surface area (Å²) in [6.07, 6.45) is 4.98. The van der Waals surface area contributed by atoms with Gasteiger partial charge in [-0.25, -0.2) is 0 Å². The van der Waals surface area contributed by atoms with Crippen LogP contribution in [0.25, 0.3) is 11.5 Å². The first-order valence-electron chi connectivity index (χ1n) is 8.54. The van der Waals surface area contributed by atoms with E-state index in [1.807, 2.05) is 18.2 Å². The summed E-state index contributed by atoms with van der Waals surface area (Å²) in [4.78, 5) is 2.45. The van der Waals surface area contributed by atoms with E-state index in [9.17, 15) is 0 Å². The molecule has 1 aliphatic rings. The average molecular weight is 331 g/mol. The van der Waals surface area contributed by atoms with E-state index in [4.69, 9.17) is 13.9 Å². The maximum absolute atomic E-state index is 5.88. The molecule has 0 saturated carbocycles. The minimum Gasteiger partial charge on any atom is -0.493 e. The zero-order valence-electron chi connectivity index (χ0n) is 14.6. The van der Waals surface area contributed by atoms with Crippen molar-refractivity contribution in [3.05, 3.63) is 24.1 Å². The Kier molecular flexibility index (Phi) is 5.35. The van der Waals surface area contributed by atoms with E-state index in [2.05, 4.69) is 22.0 Å². The minimum absolute atomic E-state index is 0.510. The second-order valence-corrected chi connectivity index (χ2v) is 6.10. The van der Waals surface area contributed by atoms with Crippen molar-refractivity contribution in [1.29, 1.82) is 0 Å². The lowest BCUT2D eigenvalue weighted by molar-refractivity contribution is 0.124. The van der Waals surface area contributed by atoms with Crippen molar-refractivity contribution < 1.29 is 13.9 Å². The molecule has 1 saturated heterocycles. The lowest BCUT2D eigenvalue weighted by Gasteiger charge is -2.33. The second kappa shape index (κ2) is 7.66. The van der Waals surface area contributed by atoms with Crippen LogP contribution in [0.3, 0.4) is 0 Å². The van der Waals surface area contributed by atoms with Gasteiger partial charge in [-0.2, -0.15) is 0 Å². The van der Waals surface area contributed by atoms with Gasteiger partial charge in [-0.3, -0.25) is 4.90 Å². The first kappa shape index (κ1) is 16.8. The van der Waals surface area contributed by atoms with Crippen LogP contribution >= 0.6 is 0 Å². The number of ether oxygens (including phenoxy) is 2. The van der Waals surface area contributed by atoms with Crippen molar-refractivity contribution in [2.24, 2.45) is 0 Å². The monoisotopic (exact) mass is 331 g/mol. The molecular weight excluding hydrogens is 306 g/mol. The molecule has 130 valence electrons. The molecule has 1 aromatic carbocycles. The third-order valence-electron chi connectivity index (χ3n) is 4.66. The molecule has 24 heavy (non-hydrogen) atoms. The van der Waals surface area contributed by atoms with Crippen LogP contribution in [0.4, 0.5) is 0 Å². The first-order valence-corrected chi connectivity index (χ1v) is 8.54. The van der Waals surface area contributed by atoms with Crippen LogP contribution in [0.1, 0.15) is 38.5 Å². The SMILES string of the molecule is CCC1CCCCN1Cc1nnc(-c2ccc(OC)c(OC)c2)o1. The highest BCUT2D eigenvalue weighted by molar-refractivity contribution is 5.59. The molecule has 0 radical (unpaired) electrons. The van der Waals surface area contributed by atoms with Gasteiger partial charge in [0.2, 0.25) is 11.8 Å². The van der Waals surface area contributed by atoms with E-state index in [1.54, 1.807) is 14.2 Å². The number of piperidine rings is 1. The fraction of sp³-hybridized carbons (Fsp3) is 0.556. The van der Waals surface area contributed by atoms with E-state index < -0.39 is 0 Å². The molecule has 1 aliphatic heterocycles. The molecule has 6 heteroatoms. The van der Waals surface area contributed by atoms with Crippen molar-refractivity contribution in [2.45, 2.75) is 45.2 Å². The van der Waals surface area contributed by atoms with E-state index in [0.29, 0.717) is 29.3 Å².